The third-order valence-corrected chi connectivity index (χ3v) is 11.7. The molecule has 5 nitrogen and oxygen atoms in total. The van der Waals surface area contributed by atoms with Crippen LogP contribution in [0.3, 0.4) is 0 Å². The molecule has 1 N–H and O–H groups in total. The normalized spacial score (nSPS) is 50.0. The van der Waals surface area contributed by atoms with Gasteiger partial charge in [0.05, 0.1) is 6.04 Å². The number of aliphatic hydroxyl groups is 1. The number of piperidine rings is 2. The van der Waals surface area contributed by atoms with Crippen LogP contribution in [-0.4, -0.2) is 70.4 Å². The van der Waals surface area contributed by atoms with E-state index in [1.807, 2.05) is 0 Å². The van der Waals surface area contributed by atoms with Gasteiger partial charge in [0.1, 0.15) is 5.60 Å². The molecule has 0 spiro atoms. The monoisotopic (exact) mass is 483 g/mol. The van der Waals surface area contributed by atoms with Crippen molar-refractivity contribution in [2.24, 2.45) is 46.4 Å². The number of carbonyl (C=O) groups excluding carboxylic acids is 1. The van der Waals surface area contributed by atoms with Crippen LogP contribution >= 0.6 is 0 Å². The van der Waals surface area contributed by atoms with Gasteiger partial charge in [-0.3, -0.25) is 9.79 Å². The first-order chi connectivity index (χ1) is 16.7. The van der Waals surface area contributed by atoms with E-state index in [-0.39, 0.29) is 5.91 Å². The SMILES string of the molecule is CC(=O)N1CCC[C@@H]2[C@@H](C[C@H]3CC[C@@]4(O)C(=N3)C[C@@H]3C[C@@H](C)C[C@H]5[C@@H]3C[C@@H]4CN5C)C[C@H](C)C[C@@H]21. The summed E-state index contributed by atoms with van der Waals surface area (Å²) in [5, 5.41) is 12.1. The van der Waals surface area contributed by atoms with Gasteiger partial charge in [0, 0.05) is 43.7 Å². The van der Waals surface area contributed by atoms with Crippen LogP contribution in [0.15, 0.2) is 4.99 Å². The first-order valence-corrected chi connectivity index (χ1v) is 15.0. The van der Waals surface area contributed by atoms with Crippen molar-refractivity contribution in [3.63, 3.8) is 0 Å². The topological polar surface area (TPSA) is 56.1 Å². The minimum absolute atomic E-state index is 0.269. The van der Waals surface area contributed by atoms with Gasteiger partial charge < -0.3 is 14.9 Å². The number of likely N-dealkylation sites (tertiary alicyclic amines) is 2. The number of aliphatic imine (C=N–C) groups is 1. The Morgan fingerprint density at radius 2 is 1.83 bits per heavy atom. The van der Waals surface area contributed by atoms with Gasteiger partial charge in [-0.1, -0.05) is 13.8 Å². The van der Waals surface area contributed by atoms with Crippen LogP contribution in [0, 0.1) is 41.4 Å². The maximum Gasteiger partial charge on any atom is 0.219 e. The Balaban J connectivity index is 1.24. The van der Waals surface area contributed by atoms with Crippen LogP contribution in [0.1, 0.15) is 91.4 Å². The molecule has 0 radical (unpaired) electrons. The molecule has 3 saturated carbocycles. The summed E-state index contributed by atoms with van der Waals surface area (Å²) in [5.74, 6) is 4.84. The van der Waals surface area contributed by atoms with Gasteiger partial charge in [-0.15, -0.1) is 0 Å². The lowest BCUT2D eigenvalue weighted by molar-refractivity contribution is -0.137. The number of nitrogens with zero attached hydrogens (tertiary/aromatic N) is 3. The van der Waals surface area contributed by atoms with Crippen molar-refractivity contribution in [3.05, 3.63) is 0 Å². The summed E-state index contributed by atoms with van der Waals surface area (Å²) in [6, 6.07) is 1.51. The van der Waals surface area contributed by atoms with Crippen molar-refractivity contribution in [2.75, 3.05) is 20.1 Å². The van der Waals surface area contributed by atoms with Gasteiger partial charge in [-0.25, -0.2) is 0 Å². The van der Waals surface area contributed by atoms with Crippen LogP contribution < -0.4 is 0 Å². The number of fused-ring (bicyclic) bond motifs is 4. The van der Waals surface area contributed by atoms with Crippen LogP contribution in [0.2, 0.25) is 0 Å². The van der Waals surface area contributed by atoms with Gasteiger partial charge in [-0.2, -0.15) is 0 Å². The third-order valence-electron chi connectivity index (χ3n) is 11.7. The smallest absolute Gasteiger partial charge is 0.219 e. The van der Waals surface area contributed by atoms with Crippen LogP contribution in [0.5, 0.6) is 0 Å². The molecule has 2 saturated heterocycles. The zero-order chi connectivity index (χ0) is 24.5. The summed E-state index contributed by atoms with van der Waals surface area (Å²) in [5.41, 5.74) is 0.512. The van der Waals surface area contributed by atoms with Crippen LogP contribution in [0.4, 0.5) is 0 Å². The van der Waals surface area contributed by atoms with E-state index in [2.05, 4.69) is 30.7 Å². The Morgan fingerprint density at radius 1 is 1.06 bits per heavy atom. The molecule has 0 aromatic heterocycles. The molecule has 0 aromatic rings. The predicted octanol–water partition coefficient (Wildman–Crippen LogP) is 4.77. The molecule has 35 heavy (non-hydrogen) atoms. The van der Waals surface area contributed by atoms with E-state index in [1.165, 1.54) is 44.2 Å². The lowest BCUT2D eigenvalue weighted by Gasteiger charge is -2.51. The van der Waals surface area contributed by atoms with E-state index in [0.29, 0.717) is 47.7 Å². The molecule has 5 heteroatoms. The summed E-state index contributed by atoms with van der Waals surface area (Å²) in [6.07, 6.45) is 12.9. The lowest BCUT2D eigenvalue weighted by Crippen LogP contribution is -2.57. The Labute approximate surface area is 213 Å². The van der Waals surface area contributed by atoms with Gasteiger partial charge in [0.2, 0.25) is 5.91 Å². The fourth-order valence-corrected chi connectivity index (χ4v) is 10.2. The zero-order valence-corrected chi connectivity index (χ0v) is 22.7. The average molecular weight is 484 g/mol. The second-order valence-corrected chi connectivity index (χ2v) is 14.0. The van der Waals surface area contributed by atoms with Gasteiger partial charge in [-0.05, 0) is 113 Å². The Morgan fingerprint density at radius 3 is 2.63 bits per heavy atom. The quantitative estimate of drug-likeness (QED) is 0.615. The first kappa shape index (κ1) is 24.4. The maximum atomic E-state index is 12.4. The average Bonchev–Trinajstić information content (AvgIpc) is 2.91. The largest absolute Gasteiger partial charge is 0.384 e. The zero-order valence-electron chi connectivity index (χ0n) is 22.7. The summed E-state index contributed by atoms with van der Waals surface area (Å²) >= 11 is 0. The van der Waals surface area contributed by atoms with Crippen molar-refractivity contribution in [1.29, 1.82) is 0 Å². The molecule has 6 aliphatic rings. The molecule has 3 aliphatic carbocycles. The molecule has 0 aromatic carbocycles. The molecule has 5 fully saturated rings. The second kappa shape index (κ2) is 9.11. The van der Waals surface area contributed by atoms with E-state index in [9.17, 15) is 9.90 Å². The number of carbonyl (C=O) groups is 1. The maximum absolute atomic E-state index is 12.4. The van der Waals surface area contributed by atoms with Crippen molar-refractivity contribution in [1.82, 2.24) is 9.80 Å². The molecule has 2 bridgehead atoms. The highest BCUT2D eigenvalue weighted by molar-refractivity contribution is 5.94. The highest BCUT2D eigenvalue weighted by Crippen LogP contribution is 2.52. The van der Waals surface area contributed by atoms with E-state index in [1.54, 1.807) is 6.92 Å². The summed E-state index contributed by atoms with van der Waals surface area (Å²) < 4.78 is 0. The van der Waals surface area contributed by atoms with Crippen LogP contribution in [0.25, 0.3) is 0 Å². The molecule has 3 aliphatic heterocycles. The minimum Gasteiger partial charge on any atom is -0.384 e. The number of hydrogen-bond donors (Lipinski definition) is 1. The molecular formula is C30H49N3O2. The van der Waals surface area contributed by atoms with Gasteiger partial charge >= 0.3 is 0 Å². The van der Waals surface area contributed by atoms with E-state index >= 15 is 0 Å². The second-order valence-electron chi connectivity index (χ2n) is 14.0. The lowest BCUT2D eigenvalue weighted by atomic mass is 9.65. The number of hydrogen-bond acceptors (Lipinski definition) is 4. The van der Waals surface area contributed by atoms with Gasteiger partial charge in [0.25, 0.3) is 0 Å². The van der Waals surface area contributed by atoms with E-state index in [0.717, 1.165) is 57.0 Å². The standard InChI is InChI=1S/C30H49N3O2/c1-18-11-22-15-29-30(35,23-16-26(22)27(12-18)32(4)17-23)8-7-24(31-29)14-21-10-19(2)13-28-25(21)6-5-9-33(28)20(3)34/h18-19,21-28,35H,5-17H2,1-4H3/t18-,19+,21-,22+,23-,24-,25-,26-,27+,28+,30+/m1/s1. The Bertz CT molecular complexity index is 859. The molecule has 6 rings (SSSR count). The number of amides is 1. The molecular weight excluding hydrogens is 434 g/mol. The fourth-order valence-electron chi connectivity index (χ4n) is 10.2. The summed E-state index contributed by atoms with van der Waals surface area (Å²) in [6.45, 7) is 8.58. The van der Waals surface area contributed by atoms with Crippen molar-refractivity contribution in [2.45, 2.75) is 115 Å². The Hall–Kier alpha value is -0.940. The van der Waals surface area contributed by atoms with Crippen LogP contribution in [-0.2, 0) is 4.79 Å². The first-order valence-electron chi connectivity index (χ1n) is 15.0. The number of rotatable bonds is 2. The Kier molecular flexibility index (Phi) is 6.35. The molecule has 11 atom stereocenters. The van der Waals surface area contributed by atoms with E-state index < -0.39 is 5.60 Å². The molecule has 196 valence electrons. The summed E-state index contributed by atoms with van der Waals surface area (Å²) in [4.78, 5) is 22.6. The molecule has 1 amide bonds. The molecule has 3 heterocycles. The highest BCUT2D eigenvalue weighted by atomic mass is 16.3. The minimum atomic E-state index is -0.672. The van der Waals surface area contributed by atoms with Crippen molar-refractivity contribution < 1.29 is 9.90 Å². The van der Waals surface area contributed by atoms with Gasteiger partial charge in [0.15, 0.2) is 0 Å². The predicted molar refractivity (Wildman–Crippen MR) is 140 cm³/mol. The fraction of sp³-hybridized carbons (Fsp3) is 0.933. The summed E-state index contributed by atoms with van der Waals surface area (Å²) in [7, 11) is 2.31. The van der Waals surface area contributed by atoms with Crippen molar-refractivity contribution in [3.8, 4) is 0 Å². The van der Waals surface area contributed by atoms with Crippen molar-refractivity contribution >= 4 is 11.6 Å². The molecule has 0 unspecified atom stereocenters. The third kappa shape index (κ3) is 4.21. The highest BCUT2D eigenvalue weighted by Gasteiger charge is 2.55. The van der Waals surface area contributed by atoms with E-state index in [4.69, 9.17) is 4.99 Å².